The van der Waals surface area contributed by atoms with E-state index in [0.717, 1.165) is 19.4 Å². The van der Waals surface area contributed by atoms with E-state index < -0.39 is 5.60 Å². The lowest BCUT2D eigenvalue weighted by Gasteiger charge is -2.39. The van der Waals surface area contributed by atoms with Crippen molar-refractivity contribution < 1.29 is 14.6 Å². The van der Waals surface area contributed by atoms with E-state index in [0.29, 0.717) is 32.2 Å². The number of hydrogen-bond acceptors (Lipinski definition) is 4. The molecule has 0 aromatic carbocycles. The predicted molar refractivity (Wildman–Crippen MR) is 80.0 cm³/mol. The maximum atomic E-state index is 12.6. The van der Waals surface area contributed by atoms with Crippen molar-refractivity contribution in [3.05, 3.63) is 0 Å². The first-order valence-corrected chi connectivity index (χ1v) is 8.52. The minimum Gasteiger partial charge on any atom is -0.386 e. The van der Waals surface area contributed by atoms with Gasteiger partial charge in [0, 0.05) is 25.6 Å². The van der Waals surface area contributed by atoms with Crippen LogP contribution in [0.5, 0.6) is 0 Å². The van der Waals surface area contributed by atoms with Crippen molar-refractivity contribution in [2.45, 2.75) is 69.1 Å². The van der Waals surface area contributed by atoms with Crippen LogP contribution in [0.15, 0.2) is 0 Å². The van der Waals surface area contributed by atoms with Crippen LogP contribution in [0.3, 0.4) is 0 Å². The van der Waals surface area contributed by atoms with Gasteiger partial charge in [0.05, 0.1) is 12.6 Å². The van der Waals surface area contributed by atoms with Gasteiger partial charge in [-0.25, -0.2) is 0 Å². The molecule has 0 radical (unpaired) electrons. The molecule has 3 fully saturated rings. The summed E-state index contributed by atoms with van der Waals surface area (Å²) in [6, 6.07) is 0.603. The zero-order chi connectivity index (χ0) is 14.7. The van der Waals surface area contributed by atoms with Crippen molar-refractivity contribution in [3.8, 4) is 0 Å². The molecule has 0 aromatic heterocycles. The summed E-state index contributed by atoms with van der Waals surface area (Å²) < 4.78 is 5.23. The number of hydrogen-bond donors (Lipinski definition) is 2. The molecule has 2 heterocycles. The SMILES string of the molecule is O=C(NC[C@]1(O)CCOC1)[C@H]1CCCCN1C1CCCC1. The topological polar surface area (TPSA) is 61.8 Å². The van der Waals surface area contributed by atoms with Crippen molar-refractivity contribution in [3.63, 3.8) is 0 Å². The van der Waals surface area contributed by atoms with Crippen LogP contribution in [0.4, 0.5) is 0 Å². The number of nitrogens with one attached hydrogen (secondary N) is 1. The average Bonchev–Trinajstić information content (AvgIpc) is 3.17. The van der Waals surface area contributed by atoms with Gasteiger partial charge in [0.15, 0.2) is 0 Å². The number of amides is 1. The van der Waals surface area contributed by atoms with Gasteiger partial charge in [-0.15, -0.1) is 0 Å². The lowest BCUT2D eigenvalue weighted by Crippen LogP contribution is -2.55. The third-order valence-electron chi connectivity index (χ3n) is 5.31. The maximum Gasteiger partial charge on any atom is 0.237 e. The van der Waals surface area contributed by atoms with Crippen LogP contribution in [0.25, 0.3) is 0 Å². The molecule has 2 aliphatic heterocycles. The van der Waals surface area contributed by atoms with Crippen LogP contribution >= 0.6 is 0 Å². The molecule has 0 unspecified atom stereocenters. The number of aliphatic hydroxyl groups is 1. The van der Waals surface area contributed by atoms with Gasteiger partial charge in [-0.05, 0) is 32.2 Å². The largest absolute Gasteiger partial charge is 0.386 e. The Morgan fingerprint density at radius 3 is 2.71 bits per heavy atom. The highest BCUT2D eigenvalue weighted by Gasteiger charge is 2.37. The Balaban J connectivity index is 1.56. The summed E-state index contributed by atoms with van der Waals surface area (Å²) >= 11 is 0. The first-order valence-electron chi connectivity index (χ1n) is 8.52. The highest BCUT2D eigenvalue weighted by Crippen LogP contribution is 2.29. The minimum atomic E-state index is -0.859. The molecule has 3 rings (SSSR count). The zero-order valence-corrected chi connectivity index (χ0v) is 12.9. The van der Waals surface area contributed by atoms with Crippen molar-refractivity contribution in [2.24, 2.45) is 0 Å². The number of rotatable bonds is 4. The second kappa shape index (κ2) is 6.63. The fourth-order valence-corrected chi connectivity index (χ4v) is 4.01. The van der Waals surface area contributed by atoms with Gasteiger partial charge < -0.3 is 15.2 Å². The van der Waals surface area contributed by atoms with Gasteiger partial charge in [0.2, 0.25) is 5.91 Å². The number of piperidine rings is 1. The lowest BCUT2D eigenvalue weighted by atomic mass is 9.97. The molecule has 120 valence electrons. The molecular formula is C16H28N2O3. The Hall–Kier alpha value is -0.650. The van der Waals surface area contributed by atoms with E-state index in [1.54, 1.807) is 0 Å². The monoisotopic (exact) mass is 296 g/mol. The molecule has 3 aliphatic rings. The van der Waals surface area contributed by atoms with Gasteiger partial charge in [-0.2, -0.15) is 0 Å². The molecule has 1 saturated carbocycles. The zero-order valence-electron chi connectivity index (χ0n) is 12.9. The van der Waals surface area contributed by atoms with E-state index in [1.165, 1.54) is 32.1 Å². The fourth-order valence-electron chi connectivity index (χ4n) is 4.01. The van der Waals surface area contributed by atoms with Gasteiger partial charge in [0.1, 0.15) is 5.60 Å². The van der Waals surface area contributed by atoms with Gasteiger partial charge >= 0.3 is 0 Å². The molecule has 0 bridgehead atoms. The minimum absolute atomic E-state index is 0.00720. The summed E-state index contributed by atoms with van der Waals surface area (Å²) in [6.07, 6.45) is 8.98. The summed E-state index contributed by atoms with van der Waals surface area (Å²) in [6.45, 7) is 2.30. The average molecular weight is 296 g/mol. The van der Waals surface area contributed by atoms with Crippen LogP contribution in [0.2, 0.25) is 0 Å². The van der Waals surface area contributed by atoms with Gasteiger partial charge in [-0.3, -0.25) is 9.69 Å². The molecule has 5 heteroatoms. The number of carbonyl (C=O) groups excluding carboxylic acids is 1. The molecule has 0 aromatic rings. The Morgan fingerprint density at radius 1 is 1.24 bits per heavy atom. The number of ether oxygens (including phenoxy) is 1. The van der Waals surface area contributed by atoms with Crippen LogP contribution in [0, 0.1) is 0 Å². The lowest BCUT2D eigenvalue weighted by molar-refractivity contribution is -0.130. The second-order valence-electron chi connectivity index (χ2n) is 6.93. The van der Waals surface area contributed by atoms with Gasteiger partial charge in [0.25, 0.3) is 0 Å². The summed E-state index contributed by atoms with van der Waals surface area (Å²) in [5.41, 5.74) is -0.859. The molecule has 1 aliphatic carbocycles. The summed E-state index contributed by atoms with van der Waals surface area (Å²) in [4.78, 5) is 15.0. The quantitative estimate of drug-likeness (QED) is 0.814. The van der Waals surface area contributed by atoms with Crippen molar-refractivity contribution in [2.75, 3.05) is 26.3 Å². The molecule has 2 N–H and O–H groups in total. The van der Waals surface area contributed by atoms with Crippen LogP contribution in [-0.4, -0.2) is 59.9 Å². The maximum absolute atomic E-state index is 12.6. The highest BCUT2D eigenvalue weighted by atomic mass is 16.5. The predicted octanol–water partition coefficient (Wildman–Crippen LogP) is 1.05. The summed E-state index contributed by atoms with van der Waals surface area (Å²) in [7, 11) is 0. The van der Waals surface area contributed by atoms with Crippen LogP contribution in [-0.2, 0) is 9.53 Å². The van der Waals surface area contributed by atoms with E-state index in [2.05, 4.69) is 10.2 Å². The first kappa shape index (κ1) is 15.3. The smallest absolute Gasteiger partial charge is 0.237 e. The van der Waals surface area contributed by atoms with Crippen molar-refractivity contribution in [1.29, 1.82) is 0 Å². The Bertz CT molecular complexity index is 363. The molecule has 2 saturated heterocycles. The number of nitrogens with zero attached hydrogens (tertiary/aromatic N) is 1. The fraction of sp³-hybridized carbons (Fsp3) is 0.938. The van der Waals surface area contributed by atoms with E-state index in [4.69, 9.17) is 4.74 Å². The highest BCUT2D eigenvalue weighted by molar-refractivity contribution is 5.82. The second-order valence-corrected chi connectivity index (χ2v) is 6.93. The van der Waals surface area contributed by atoms with E-state index >= 15 is 0 Å². The van der Waals surface area contributed by atoms with Gasteiger partial charge in [-0.1, -0.05) is 19.3 Å². The molecule has 0 spiro atoms. The molecule has 21 heavy (non-hydrogen) atoms. The first-order chi connectivity index (χ1) is 10.2. The van der Waals surface area contributed by atoms with E-state index in [9.17, 15) is 9.90 Å². The molecule has 5 nitrogen and oxygen atoms in total. The Kier molecular flexibility index (Phi) is 4.82. The van der Waals surface area contributed by atoms with E-state index in [1.807, 2.05) is 0 Å². The Morgan fingerprint density at radius 2 is 2.00 bits per heavy atom. The van der Waals surface area contributed by atoms with Crippen molar-refractivity contribution >= 4 is 5.91 Å². The molecule has 2 atom stereocenters. The van der Waals surface area contributed by atoms with E-state index in [-0.39, 0.29) is 11.9 Å². The van der Waals surface area contributed by atoms with Crippen molar-refractivity contribution in [1.82, 2.24) is 10.2 Å². The molecule has 1 amide bonds. The third kappa shape index (κ3) is 3.58. The van der Waals surface area contributed by atoms with Crippen LogP contribution in [0.1, 0.15) is 51.4 Å². The molecular weight excluding hydrogens is 268 g/mol. The third-order valence-corrected chi connectivity index (χ3v) is 5.31. The number of likely N-dealkylation sites (tertiary alicyclic amines) is 1. The normalized spacial score (nSPS) is 35.2. The summed E-state index contributed by atoms with van der Waals surface area (Å²) in [5, 5.41) is 13.2. The Labute approximate surface area is 127 Å². The summed E-state index contributed by atoms with van der Waals surface area (Å²) in [5.74, 6) is 0.0990. The van der Waals surface area contributed by atoms with Crippen LogP contribution < -0.4 is 5.32 Å². The standard InChI is InChI=1S/C16H28N2O3/c19-15(17-11-16(20)8-10-21-12-16)14-7-3-4-9-18(14)13-5-1-2-6-13/h13-14,20H,1-12H2,(H,17,19)/t14-,16-/m1/s1. The number of carbonyl (C=O) groups is 1.